The second-order valence-electron chi connectivity index (χ2n) is 6.32. The molecule has 0 unspecified atom stereocenters. The van der Waals surface area contributed by atoms with E-state index >= 15 is 0 Å². The van der Waals surface area contributed by atoms with Crippen LogP contribution in [0.3, 0.4) is 0 Å². The number of carbonyl (C=O) groups is 1. The van der Waals surface area contributed by atoms with Crippen LogP contribution in [0.15, 0.2) is 33.9 Å². The zero-order chi connectivity index (χ0) is 20.1. The molecule has 1 N–H and O–H groups in total. The van der Waals surface area contributed by atoms with Crippen LogP contribution in [-0.4, -0.2) is 67.0 Å². The molecule has 9 nitrogen and oxygen atoms in total. The molecular weight excluding hydrogens is 402 g/mol. The molecule has 2 heterocycles. The van der Waals surface area contributed by atoms with Gasteiger partial charge >= 0.3 is 0 Å². The number of anilines is 2. The number of benzene rings is 1. The molecule has 2 aromatic rings. The van der Waals surface area contributed by atoms with E-state index in [0.717, 1.165) is 5.69 Å². The summed E-state index contributed by atoms with van der Waals surface area (Å²) in [7, 11) is -3.18. The zero-order valence-corrected chi connectivity index (χ0v) is 17.4. The SMILES string of the molecule is CCc1nnc(SCC(=O)Nc2ccccc2N2CCN(S(C)(=O)=O)CC2)o1. The van der Waals surface area contributed by atoms with Crippen molar-refractivity contribution in [2.24, 2.45) is 0 Å². The lowest BCUT2D eigenvalue weighted by Crippen LogP contribution is -2.48. The first-order valence-electron chi connectivity index (χ1n) is 8.91. The van der Waals surface area contributed by atoms with Crippen molar-refractivity contribution in [2.75, 3.05) is 48.4 Å². The Bertz CT molecular complexity index is 923. The smallest absolute Gasteiger partial charge is 0.277 e. The third kappa shape index (κ3) is 5.24. The molecule has 1 fully saturated rings. The number of rotatable bonds is 7. The number of sulfonamides is 1. The summed E-state index contributed by atoms with van der Waals surface area (Å²) in [5.74, 6) is 0.520. The van der Waals surface area contributed by atoms with E-state index in [1.807, 2.05) is 31.2 Å². The normalized spacial score (nSPS) is 15.6. The zero-order valence-electron chi connectivity index (χ0n) is 15.8. The van der Waals surface area contributed by atoms with Gasteiger partial charge in [-0.15, -0.1) is 10.2 Å². The van der Waals surface area contributed by atoms with Crippen LogP contribution in [0, 0.1) is 0 Å². The summed E-state index contributed by atoms with van der Waals surface area (Å²) in [4.78, 5) is 14.4. The van der Waals surface area contributed by atoms with E-state index in [9.17, 15) is 13.2 Å². The molecule has 1 amide bonds. The third-order valence-corrected chi connectivity index (χ3v) is 6.43. The maximum Gasteiger partial charge on any atom is 0.277 e. The lowest BCUT2D eigenvalue weighted by Gasteiger charge is -2.35. The molecule has 0 spiro atoms. The maximum atomic E-state index is 12.4. The molecule has 0 atom stereocenters. The van der Waals surface area contributed by atoms with Crippen LogP contribution in [0.4, 0.5) is 11.4 Å². The highest BCUT2D eigenvalue weighted by atomic mass is 32.2. The van der Waals surface area contributed by atoms with E-state index in [1.165, 1.54) is 22.3 Å². The van der Waals surface area contributed by atoms with Gasteiger partial charge in [-0.05, 0) is 12.1 Å². The minimum absolute atomic E-state index is 0.154. The van der Waals surface area contributed by atoms with Gasteiger partial charge in [0.1, 0.15) is 0 Å². The number of aryl methyl sites for hydroxylation is 1. The Kier molecular flexibility index (Phi) is 6.57. The van der Waals surface area contributed by atoms with Gasteiger partial charge in [-0.25, -0.2) is 8.42 Å². The van der Waals surface area contributed by atoms with Gasteiger partial charge in [-0.1, -0.05) is 30.8 Å². The fourth-order valence-corrected chi connectivity index (χ4v) is 4.28. The van der Waals surface area contributed by atoms with Gasteiger partial charge in [-0.3, -0.25) is 4.79 Å². The minimum atomic E-state index is -3.18. The summed E-state index contributed by atoms with van der Waals surface area (Å²) in [6.45, 7) is 3.90. The lowest BCUT2D eigenvalue weighted by atomic mass is 10.2. The summed E-state index contributed by atoms with van der Waals surface area (Å²) in [5.41, 5.74) is 1.57. The summed E-state index contributed by atoms with van der Waals surface area (Å²) < 4.78 is 30.2. The Hall–Kier alpha value is -2.11. The van der Waals surface area contributed by atoms with Gasteiger partial charge < -0.3 is 14.6 Å². The van der Waals surface area contributed by atoms with Crippen LogP contribution in [0.5, 0.6) is 0 Å². The standard InChI is InChI=1S/C17H23N5O4S2/c1-3-16-19-20-17(26-16)27-12-15(23)18-13-6-4-5-7-14(13)21-8-10-22(11-9-21)28(2,24)25/h4-7H,3,8-12H2,1-2H3,(H,18,23). The first-order valence-corrected chi connectivity index (χ1v) is 11.7. The van der Waals surface area contributed by atoms with Crippen LogP contribution in [0.2, 0.25) is 0 Å². The maximum absolute atomic E-state index is 12.4. The first kappa shape index (κ1) is 20.6. The average molecular weight is 426 g/mol. The largest absolute Gasteiger partial charge is 0.416 e. The van der Waals surface area contributed by atoms with E-state index in [0.29, 0.717) is 49.4 Å². The molecule has 0 radical (unpaired) electrons. The van der Waals surface area contributed by atoms with Crippen LogP contribution in [-0.2, 0) is 21.2 Å². The summed E-state index contributed by atoms with van der Waals surface area (Å²) >= 11 is 1.19. The molecule has 1 aromatic heterocycles. The monoisotopic (exact) mass is 425 g/mol. The Balaban J connectivity index is 1.60. The number of hydrogen-bond donors (Lipinski definition) is 1. The Labute approximate surface area is 168 Å². The number of amides is 1. The Morgan fingerprint density at radius 1 is 1.21 bits per heavy atom. The highest BCUT2D eigenvalue weighted by Gasteiger charge is 2.24. The number of piperazine rings is 1. The number of nitrogens with zero attached hydrogens (tertiary/aromatic N) is 4. The number of hydrogen-bond acceptors (Lipinski definition) is 8. The molecule has 1 aliphatic heterocycles. The van der Waals surface area contributed by atoms with Crippen molar-refractivity contribution in [1.29, 1.82) is 0 Å². The highest BCUT2D eigenvalue weighted by Crippen LogP contribution is 2.27. The molecule has 1 aromatic carbocycles. The summed E-state index contributed by atoms with van der Waals surface area (Å²) in [6, 6.07) is 7.51. The lowest BCUT2D eigenvalue weighted by molar-refractivity contribution is -0.113. The predicted octanol–water partition coefficient (Wildman–Crippen LogP) is 1.44. The van der Waals surface area contributed by atoms with Crippen molar-refractivity contribution in [2.45, 2.75) is 18.6 Å². The van der Waals surface area contributed by atoms with Crippen molar-refractivity contribution in [1.82, 2.24) is 14.5 Å². The molecule has 152 valence electrons. The molecule has 1 saturated heterocycles. The quantitative estimate of drug-likeness (QED) is 0.664. The summed E-state index contributed by atoms with van der Waals surface area (Å²) in [5, 5.41) is 11.1. The van der Waals surface area contributed by atoms with Gasteiger partial charge in [0.15, 0.2) is 0 Å². The topological polar surface area (TPSA) is 109 Å². The Morgan fingerprint density at radius 2 is 1.93 bits per heavy atom. The minimum Gasteiger partial charge on any atom is -0.416 e. The number of aromatic nitrogens is 2. The molecule has 11 heteroatoms. The fourth-order valence-electron chi connectivity index (χ4n) is 2.87. The van der Waals surface area contributed by atoms with Gasteiger partial charge in [0.05, 0.1) is 23.4 Å². The van der Waals surface area contributed by atoms with Crippen molar-refractivity contribution in [3.63, 3.8) is 0 Å². The van der Waals surface area contributed by atoms with E-state index in [1.54, 1.807) is 0 Å². The van der Waals surface area contributed by atoms with Crippen molar-refractivity contribution >= 4 is 39.1 Å². The third-order valence-electron chi connectivity index (χ3n) is 4.30. The number of para-hydroxylation sites is 2. The average Bonchev–Trinajstić information content (AvgIpc) is 3.14. The van der Waals surface area contributed by atoms with Crippen LogP contribution >= 0.6 is 11.8 Å². The van der Waals surface area contributed by atoms with E-state index < -0.39 is 10.0 Å². The van der Waals surface area contributed by atoms with Gasteiger partial charge in [-0.2, -0.15) is 4.31 Å². The second-order valence-corrected chi connectivity index (χ2v) is 9.23. The van der Waals surface area contributed by atoms with Crippen LogP contribution in [0.1, 0.15) is 12.8 Å². The predicted molar refractivity (Wildman–Crippen MR) is 108 cm³/mol. The molecular formula is C17H23N5O4S2. The Morgan fingerprint density at radius 3 is 2.57 bits per heavy atom. The van der Waals surface area contributed by atoms with Crippen molar-refractivity contribution in [3.05, 3.63) is 30.2 Å². The summed E-state index contributed by atoms with van der Waals surface area (Å²) in [6.07, 6.45) is 1.88. The first-order chi connectivity index (χ1) is 13.4. The number of thioether (sulfide) groups is 1. The van der Waals surface area contributed by atoms with Crippen LogP contribution in [0.25, 0.3) is 0 Å². The van der Waals surface area contributed by atoms with E-state index in [2.05, 4.69) is 20.4 Å². The molecule has 0 saturated carbocycles. The van der Waals surface area contributed by atoms with Gasteiger partial charge in [0.2, 0.25) is 21.8 Å². The van der Waals surface area contributed by atoms with Crippen molar-refractivity contribution in [3.8, 4) is 0 Å². The molecule has 28 heavy (non-hydrogen) atoms. The van der Waals surface area contributed by atoms with E-state index in [4.69, 9.17) is 4.42 Å². The second kappa shape index (κ2) is 8.93. The fraction of sp³-hybridized carbons (Fsp3) is 0.471. The number of nitrogens with one attached hydrogen (secondary N) is 1. The molecule has 1 aliphatic rings. The van der Waals surface area contributed by atoms with E-state index in [-0.39, 0.29) is 11.7 Å². The number of carbonyl (C=O) groups excluding carboxylic acids is 1. The molecule has 3 rings (SSSR count). The van der Waals surface area contributed by atoms with Crippen molar-refractivity contribution < 1.29 is 17.6 Å². The highest BCUT2D eigenvalue weighted by molar-refractivity contribution is 7.99. The van der Waals surface area contributed by atoms with Crippen LogP contribution < -0.4 is 10.2 Å². The van der Waals surface area contributed by atoms with Gasteiger partial charge in [0, 0.05) is 32.6 Å². The molecule has 0 aliphatic carbocycles. The van der Waals surface area contributed by atoms with Gasteiger partial charge in [0.25, 0.3) is 5.22 Å². The molecule has 0 bridgehead atoms.